The molecule has 0 bridgehead atoms. The molecule has 0 unspecified atom stereocenters. The molecule has 1 saturated carbocycles. The van der Waals surface area contributed by atoms with Gasteiger partial charge in [0.2, 0.25) is 5.71 Å². The number of hydrogen-bond donors (Lipinski definition) is 4. The highest BCUT2D eigenvalue weighted by atomic mass is 32.2. The second-order valence-electron chi connectivity index (χ2n) is 19.5. The van der Waals surface area contributed by atoms with Crippen molar-refractivity contribution >= 4 is 85.2 Å². The van der Waals surface area contributed by atoms with E-state index in [1.165, 1.54) is 24.3 Å². The van der Waals surface area contributed by atoms with Crippen molar-refractivity contribution in [3.63, 3.8) is 0 Å². The fraction of sp³-hybridized carbons (Fsp3) is 0.400. The van der Waals surface area contributed by atoms with E-state index in [1.807, 2.05) is 61.8 Å². The van der Waals surface area contributed by atoms with Crippen LogP contribution in [0.4, 0.5) is 16.2 Å². The van der Waals surface area contributed by atoms with Crippen LogP contribution in [0.2, 0.25) is 0 Å². The lowest BCUT2D eigenvalue weighted by atomic mass is 9.81. The highest BCUT2D eigenvalue weighted by molar-refractivity contribution is 7.86. The highest BCUT2D eigenvalue weighted by Gasteiger charge is 2.43. The van der Waals surface area contributed by atoms with Crippen molar-refractivity contribution in [2.45, 2.75) is 80.9 Å². The zero-order chi connectivity index (χ0) is 52.3. The van der Waals surface area contributed by atoms with Crippen LogP contribution in [0.5, 0.6) is 0 Å². The van der Waals surface area contributed by atoms with Crippen LogP contribution in [0.25, 0.3) is 21.5 Å². The molecule has 3 heterocycles. The van der Waals surface area contributed by atoms with Crippen LogP contribution in [-0.4, -0.2) is 131 Å². The van der Waals surface area contributed by atoms with Gasteiger partial charge in [0.1, 0.15) is 0 Å². The number of carbonyl (C=O) groups is 1. The Labute approximate surface area is 420 Å². The smallest absolute Gasteiger partial charge is 0.410 e. The van der Waals surface area contributed by atoms with E-state index in [-0.39, 0.29) is 42.3 Å². The lowest BCUT2D eigenvalue weighted by Gasteiger charge is -2.27. The molecule has 4 aromatic carbocycles. The predicted octanol–water partition coefficient (Wildman–Crippen LogP) is 7.28. The maximum atomic E-state index is 12.8. The Bertz CT molecular complexity index is 3320. The molecule has 72 heavy (non-hydrogen) atoms. The standard InChI is InChI=1S/C50H58N4O14S4/c1-6-68-48(55)52-27-25-51(26-28-52)47-33(13-21-43-49(2,3)45-39-17-15-37(71(62,63)64)31-35(39)11-19-41(45)53(43)23-7-29-69(56,57)58)9-10-34(47)14-22-44-50(4,5)46-40-18-16-38(72(65,66)67)32-36(40)12-20-42(46)54(44)24-8-30-70(59,60)61/h11-22,31-32H,6-10,23-30H2,1-5H3,(H3-,56,57,58,59,60,61,62,63,64,65,66,67)/p+1. The van der Waals surface area contributed by atoms with Gasteiger partial charge in [-0.15, -0.1) is 0 Å². The molecule has 3 aliphatic heterocycles. The van der Waals surface area contributed by atoms with E-state index in [9.17, 15) is 56.7 Å². The van der Waals surface area contributed by atoms with Gasteiger partial charge in [0.05, 0.1) is 41.0 Å². The SMILES string of the molecule is CCOC(=O)N1CC[N+](=C2/C(=C/C=C3/N(CCCS(=O)(=O)O)c4ccc5cc(S(=O)(=O)O)ccc5c4C3(C)C)CC/C2=C\C=C2\N(CCCS(=O)(=O)O)c3ccc4cc(S(=O)(=O)O)ccc4c3C2(C)C)CC1. The molecule has 1 amide bonds. The maximum absolute atomic E-state index is 12.8. The number of benzene rings is 4. The van der Waals surface area contributed by atoms with Gasteiger partial charge in [-0.2, -0.15) is 33.7 Å². The van der Waals surface area contributed by atoms with Gasteiger partial charge in [0, 0.05) is 57.8 Å². The number of hydrogen-bond acceptors (Lipinski definition) is 12. The lowest BCUT2D eigenvalue weighted by molar-refractivity contribution is -0.537. The lowest BCUT2D eigenvalue weighted by Crippen LogP contribution is -2.47. The summed E-state index contributed by atoms with van der Waals surface area (Å²) in [5, 5.41) is 2.64. The monoisotopic (exact) mass is 1070 g/mol. The molecule has 0 radical (unpaired) electrons. The van der Waals surface area contributed by atoms with E-state index in [4.69, 9.17) is 4.74 Å². The van der Waals surface area contributed by atoms with Gasteiger partial charge in [-0.25, -0.2) is 9.37 Å². The van der Waals surface area contributed by atoms with E-state index < -0.39 is 68.9 Å². The Balaban J connectivity index is 1.25. The molecule has 0 atom stereocenters. The van der Waals surface area contributed by atoms with Crippen molar-refractivity contribution in [2.75, 3.05) is 67.2 Å². The maximum Gasteiger partial charge on any atom is 0.410 e. The van der Waals surface area contributed by atoms with Crippen molar-refractivity contribution in [2.24, 2.45) is 0 Å². The third kappa shape index (κ3) is 10.6. The Kier molecular flexibility index (Phi) is 14.3. The zero-order valence-corrected chi connectivity index (χ0v) is 43.8. The van der Waals surface area contributed by atoms with E-state index >= 15 is 0 Å². The van der Waals surface area contributed by atoms with Gasteiger partial charge in [-0.1, -0.05) is 64.1 Å². The number of nitrogens with zero attached hydrogens (tertiary/aromatic N) is 4. The molecule has 22 heteroatoms. The summed E-state index contributed by atoms with van der Waals surface area (Å²) < 4.78 is 143. The van der Waals surface area contributed by atoms with Crippen molar-refractivity contribution in [1.29, 1.82) is 0 Å². The van der Waals surface area contributed by atoms with Crippen LogP contribution < -0.4 is 9.80 Å². The van der Waals surface area contributed by atoms with Crippen molar-refractivity contribution in [3.8, 4) is 0 Å². The van der Waals surface area contributed by atoms with Gasteiger partial charge in [0.25, 0.3) is 40.5 Å². The molecule has 386 valence electrons. The number of carbonyl (C=O) groups excluding carboxylic acids is 1. The van der Waals surface area contributed by atoms with Gasteiger partial charge >= 0.3 is 6.09 Å². The number of allylic oxidation sites excluding steroid dienone is 8. The van der Waals surface area contributed by atoms with Crippen molar-refractivity contribution in [3.05, 3.63) is 119 Å². The molecular weight excluding hydrogens is 1010 g/mol. The molecule has 0 spiro atoms. The number of anilines is 2. The summed E-state index contributed by atoms with van der Waals surface area (Å²) in [4.78, 5) is 18.0. The molecular formula is C50H59N4O14S4+. The van der Waals surface area contributed by atoms with E-state index in [0.717, 1.165) is 61.5 Å². The Hall–Kier alpha value is -5.46. The fourth-order valence-electron chi connectivity index (χ4n) is 10.9. The molecule has 2 fully saturated rings. The quantitative estimate of drug-likeness (QED) is 0.0758. The van der Waals surface area contributed by atoms with Crippen molar-refractivity contribution < 1.29 is 66.0 Å². The van der Waals surface area contributed by atoms with Crippen LogP contribution in [0.1, 0.15) is 71.4 Å². The second kappa shape index (κ2) is 19.4. The number of rotatable bonds is 13. The first-order valence-electron chi connectivity index (χ1n) is 23.5. The van der Waals surface area contributed by atoms with E-state index in [2.05, 4.69) is 16.7 Å². The number of ether oxygens (including phenoxy) is 1. The third-order valence-corrected chi connectivity index (χ3v) is 17.4. The normalized spacial score (nSPS) is 20.5. The molecule has 4 aliphatic rings. The topological polar surface area (TPSA) is 257 Å². The number of fused-ring (bicyclic) bond motifs is 6. The van der Waals surface area contributed by atoms with Crippen LogP contribution in [0, 0.1) is 0 Å². The summed E-state index contributed by atoms with van der Waals surface area (Å²) in [5.74, 6) is -0.938. The molecule has 4 N–H and O–H groups in total. The van der Waals surface area contributed by atoms with Gasteiger partial charge < -0.3 is 14.5 Å². The molecule has 4 aromatic rings. The van der Waals surface area contributed by atoms with Gasteiger partial charge in [-0.3, -0.25) is 23.1 Å². The van der Waals surface area contributed by atoms with E-state index in [1.54, 1.807) is 36.1 Å². The van der Waals surface area contributed by atoms with Crippen LogP contribution >= 0.6 is 0 Å². The average Bonchev–Trinajstić information content (AvgIpc) is 3.86. The second-order valence-corrected chi connectivity index (χ2v) is 25.5. The van der Waals surface area contributed by atoms with Crippen LogP contribution in [0.15, 0.2) is 117 Å². The minimum atomic E-state index is -4.49. The summed E-state index contributed by atoms with van der Waals surface area (Å²) in [6.07, 6.45) is 9.18. The van der Waals surface area contributed by atoms with Crippen molar-refractivity contribution in [1.82, 2.24) is 4.90 Å². The van der Waals surface area contributed by atoms with E-state index in [0.29, 0.717) is 49.8 Å². The van der Waals surface area contributed by atoms with Crippen LogP contribution in [0.3, 0.4) is 0 Å². The first kappa shape index (κ1) is 52.9. The number of piperazine rings is 1. The molecule has 0 aromatic heterocycles. The minimum Gasteiger partial charge on any atom is -0.450 e. The largest absolute Gasteiger partial charge is 0.450 e. The van der Waals surface area contributed by atoms with Gasteiger partial charge in [0.15, 0.2) is 13.1 Å². The fourth-order valence-corrected chi connectivity index (χ4v) is 12.9. The summed E-state index contributed by atoms with van der Waals surface area (Å²) >= 11 is 0. The average molecular weight is 1070 g/mol. The Morgan fingerprint density at radius 2 is 1.04 bits per heavy atom. The Morgan fingerprint density at radius 3 is 1.42 bits per heavy atom. The molecule has 8 rings (SSSR count). The minimum absolute atomic E-state index is 0.0973. The first-order valence-corrected chi connectivity index (χ1v) is 29.6. The van der Waals surface area contributed by atoms with Crippen LogP contribution in [-0.2, 0) is 56.0 Å². The molecule has 18 nitrogen and oxygen atoms in total. The van der Waals surface area contributed by atoms with Gasteiger partial charge in [-0.05, 0) is 114 Å². The summed E-state index contributed by atoms with van der Waals surface area (Å²) in [6.45, 7) is 12.3. The number of amides is 1. The molecule has 1 saturated heterocycles. The summed E-state index contributed by atoms with van der Waals surface area (Å²) in [6, 6.07) is 16.0. The first-order chi connectivity index (χ1) is 33.6. The zero-order valence-electron chi connectivity index (χ0n) is 40.6. The molecule has 1 aliphatic carbocycles. The summed E-state index contributed by atoms with van der Waals surface area (Å²) in [7, 11) is -17.5. The predicted molar refractivity (Wildman–Crippen MR) is 275 cm³/mol. The Morgan fingerprint density at radius 1 is 0.625 bits per heavy atom. The highest BCUT2D eigenvalue weighted by Crippen LogP contribution is 2.53. The third-order valence-electron chi connectivity index (χ3n) is 14.1. The summed E-state index contributed by atoms with van der Waals surface area (Å²) in [5.41, 5.74) is 6.40.